The number of carbonyl (C=O) groups excluding carboxylic acids is 1. The van der Waals surface area contributed by atoms with Crippen LogP contribution in [0.15, 0.2) is 4.79 Å². The van der Waals surface area contributed by atoms with Crippen molar-refractivity contribution in [3.8, 4) is 0 Å². The van der Waals surface area contributed by atoms with Crippen LogP contribution in [0.3, 0.4) is 0 Å². The second-order valence-corrected chi connectivity index (χ2v) is 8.50. The minimum absolute atomic E-state index is 0.129. The van der Waals surface area contributed by atoms with Gasteiger partial charge in [0.25, 0.3) is 5.56 Å². The Morgan fingerprint density at radius 1 is 1.46 bits per heavy atom. The summed E-state index contributed by atoms with van der Waals surface area (Å²) in [5.41, 5.74) is 0.918. The number of alkyl halides is 3. The third-order valence-electron chi connectivity index (χ3n) is 4.17. The van der Waals surface area contributed by atoms with Gasteiger partial charge in [-0.2, -0.15) is 13.2 Å². The van der Waals surface area contributed by atoms with Gasteiger partial charge in [-0.05, 0) is 30.7 Å². The van der Waals surface area contributed by atoms with Gasteiger partial charge in [0.1, 0.15) is 17.2 Å². The molecule has 1 aliphatic rings. The highest BCUT2D eigenvalue weighted by molar-refractivity contribution is 7.99. The molecular formula is C16H18F3N3O2S2. The highest BCUT2D eigenvalue weighted by Crippen LogP contribution is 2.35. The Balaban J connectivity index is 1.64. The molecule has 0 unspecified atom stereocenters. The molecule has 2 aromatic heterocycles. The Hall–Kier alpha value is -1.55. The zero-order valence-corrected chi connectivity index (χ0v) is 15.7. The summed E-state index contributed by atoms with van der Waals surface area (Å²) in [6.45, 7) is 0.851. The molecule has 0 radical (unpaired) electrons. The van der Waals surface area contributed by atoms with Crippen LogP contribution >= 0.6 is 23.1 Å². The van der Waals surface area contributed by atoms with Gasteiger partial charge in [-0.1, -0.05) is 6.92 Å². The van der Waals surface area contributed by atoms with Crippen LogP contribution in [0.4, 0.5) is 13.2 Å². The fourth-order valence-electron chi connectivity index (χ4n) is 2.95. The van der Waals surface area contributed by atoms with E-state index in [1.807, 2.05) is 5.32 Å². The zero-order valence-electron chi connectivity index (χ0n) is 14.0. The van der Waals surface area contributed by atoms with Crippen molar-refractivity contribution in [3.05, 3.63) is 26.6 Å². The van der Waals surface area contributed by atoms with Gasteiger partial charge in [-0.25, -0.2) is 4.98 Å². The van der Waals surface area contributed by atoms with E-state index >= 15 is 0 Å². The minimum Gasteiger partial charge on any atom is -0.346 e. The number of H-pyrrole nitrogens is 1. The Labute approximate surface area is 155 Å². The fourth-order valence-corrected chi connectivity index (χ4v) is 5.07. The average Bonchev–Trinajstić information content (AvgIpc) is 2.90. The molecule has 2 N–H and O–H groups in total. The molecule has 5 nitrogen and oxygen atoms in total. The van der Waals surface area contributed by atoms with E-state index in [0.29, 0.717) is 22.0 Å². The molecule has 1 amide bonds. The number of halogens is 3. The lowest BCUT2D eigenvalue weighted by molar-refractivity contribution is -0.136. The third kappa shape index (κ3) is 4.59. The number of nitrogens with one attached hydrogen (secondary N) is 2. The van der Waals surface area contributed by atoms with E-state index in [4.69, 9.17) is 0 Å². The molecule has 142 valence electrons. The van der Waals surface area contributed by atoms with Crippen molar-refractivity contribution in [1.82, 2.24) is 15.3 Å². The number of hydrogen-bond donors (Lipinski definition) is 2. The molecule has 2 heterocycles. The molecule has 0 saturated heterocycles. The Morgan fingerprint density at radius 2 is 2.23 bits per heavy atom. The number of carbonyl (C=O) groups is 1. The van der Waals surface area contributed by atoms with Gasteiger partial charge >= 0.3 is 6.18 Å². The summed E-state index contributed by atoms with van der Waals surface area (Å²) in [7, 11) is 0. The molecule has 0 bridgehead atoms. The molecule has 3 rings (SSSR count). The van der Waals surface area contributed by atoms with Crippen LogP contribution in [0.1, 0.15) is 29.6 Å². The number of thioether (sulfide) groups is 1. The van der Waals surface area contributed by atoms with Crippen LogP contribution in [0.5, 0.6) is 0 Å². The molecule has 0 fully saturated rings. The SMILES string of the molecule is C[C@H]1CCc2c(sc3nc(CSCC(=O)NCC(F)(F)F)[nH]c(=O)c23)C1. The van der Waals surface area contributed by atoms with Crippen molar-refractivity contribution in [2.45, 2.75) is 38.1 Å². The van der Waals surface area contributed by atoms with Gasteiger partial charge in [0.15, 0.2) is 0 Å². The van der Waals surface area contributed by atoms with Crippen molar-refractivity contribution < 1.29 is 18.0 Å². The quantitative estimate of drug-likeness (QED) is 0.802. The van der Waals surface area contributed by atoms with Crippen LogP contribution in [0.2, 0.25) is 0 Å². The zero-order chi connectivity index (χ0) is 18.9. The maximum absolute atomic E-state index is 12.4. The second-order valence-electron chi connectivity index (χ2n) is 6.43. The van der Waals surface area contributed by atoms with Gasteiger partial charge in [-0.15, -0.1) is 23.1 Å². The summed E-state index contributed by atoms with van der Waals surface area (Å²) in [6, 6.07) is 0. The average molecular weight is 405 g/mol. The van der Waals surface area contributed by atoms with Crippen LogP contribution in [-0.2, 0) is 23.4 Å². The van der Waals surface area contributed by atoms with Crippen molar-refractivity contribution in [3.63, 3.8) is 0 Å². The molecule has 2 aromatic rings. The highest BCUT2D eigenvalue weighted by Gasteiger charge is 2.27. The number of thiophene rings is 1. The number of fused-ring (bicyclic) bond motifs is 3. The number of aromatic nitrogens is 2. The predicted octanol–water partition coefficient (Wildman–Crippen LogP) is 3.02. The second kappa shape index (κ2) is 7.59. The molecule has 0 aromatic carbocycles. The maximum Gasteiger partial charge on any atom is 0.405 e. The van der Waals surface area contributed by atoms with Crippen molar-refractivity contribution in [1.29, 1.82) is 0 Å². The molecule has 1 atom stereocenters. The molecular weight excluding hydrogens is 387 g/mol. The van der Waals surface area contributed by atoms with E-state index in [0.717, 1.165) is 36.6 Å². The minimum atomic E-state index is -4.42. The van der Waals surface area contributed by atoms with E-state index in [1.54, 1.807) is 0 Å². The van der Waals surface area contributed by atoms with Gasteiger partial charge in [0.05, 0.1) is 16.9 Å². The number of aromatic amines is 1. The van der Waals surface area contributed by atoms with Crippen LogP contribution < -0.4 is 10.9 Å². The first-order valence-corrected chi connectivity index (χ1v) is 10.1. The number of aryl methyl sites for hydroxylation is 1. The van der Waals surface area contributed by atoms with Crippen molar-refractivity contribution in [2.24, 2.45) is 5.92 Å². The Kier molecular flexibility index (Phi) is 5.61. The summed E-state index contributed by atoms with van der Waals surface area (Å²) in [6.07, 6.45) is -1.52. The summed E-state index contributed by atoms with van der Waals surface area (Å²) >= 11 is 2.65. The third-order valence-corrected chi connectivity index (χ3v) is 6.26. The van der Waals surface area contributed by atoms with E-state index in [-0.39, 0.29) is 17.1 Å². The van der Waals surface area contributed by atoms with Crippen LogP contribution in [0, 0.1) is 5.92 Å². The smallest absolute Gasteiger partial charge is 0.346 e. The summed E-state index contributed by atoms with van der Waals surface area (Å²) in [4.78, 5) is 33.0. The molecule has 1 aliphatic carbocycles. The Bertz CT molecular complexity index is 876. The lowest BCUT2D eigenvalue weighted by Crippen LogP contribution is -2.34. The predicted molar refractivity (Wildman–Crippen MR) is 96.7 cm³/mol. The van der Waals surface area contributed by atoms with Crippen molar-refractivity contribution in [2.75, 3.05) is 12.3 Å². The van der Waals surface area contributed by atoms with E-state index in [1.165, 1.54) is 16.2 Å². The topological polar surface area (TPSA) is 74.8 Å². The molecule has 0 aliphatic heterocycles. The fraction of sp³-hybridized carbons (Fsp3) is 0.562. The number of nitrogens with zero attached hydrogens (tertiary/aromatic N) is 1. The van der Waals surface area contributed by atoms with Gasteiger partial charge in [-0.3, -0.25) is 9.59 Å². The number of hydrogen-bond acceptors (Lipinski definition) is 5. The number of amides is 1. The first-order valence-electron chi connectivity index (χ1n) is 8.17. The normalized spacial score (nSPS) is 17.3. The van der Waals surface area contributed by atoms with Gasteiger partial charge in [0.2, 0.25) is 5.91 Å². The van der Waals surface area contributed by atoms with E-state index in [9.17, 15) is 22.8 Å². The van der Waals surface area contributed by atoms with E-state index < -0.39 is 18.6 Å². The van der Waals surface area contributed by atoms with Gasteiger partial charge < -0.3 is 10.3 Å². The molecule has 26 heavy (non-hydrogen) atoms. The number of rotatable bonds is 5. The molecule has 0 saturated carbocycles. The summed E-state index contributed by atoms with van der Waals surface area (Å²) < 4.78 is 36.1. The summed E-state index contributed by atoms with van der Waals surface area (Å²) in [5, 5.41) is 2.47. The lowest BCUT2D eigenvalue weighted by atomic mass is 9.89. The van der Waals surface area contributed by atoms with E-state index in [2.05, 4.69) is 16.9 Å². The first-order chi connectivity index (χ1) is 12.2. The van der Waals surface area contributed by atoms with Crippen LogP contribution in [-0.4, -0.2) is 34.3 Å². The lowest BCUT2D eigenvalue weighted by Gasteiger charge is -2.17. The largest absolute Gasteiger partial charge is 0.405 e. The molecule has 0 spiro atoms. The summed E-state index contributed by atoms with van der Waals surface area (Å²) in [5.74, 6) is 0.457. The van der Waals surface area contributed by atoms with Crippen LogP contribution in [0.25, 0.3) is 10.2 Å². The molecule has 10 heteroatoms. The van der Waals surface area contributed by atoms with Crippen molar-refractivity contribution >= 4 is 39.2 Å². The first kappa shape index (κ1) is 19.2. The maximum atomic E-state index is 12.4. The highest BCUT2D eigenvalue weighted by atomic mass is 32.2. The monoisotopic (exact) mass is 405 g/mol. The van der Waals surface area contributed by atoms with Gasteiger partial charge in [0, 0.05) is 4.88 Å². The Morgan fingerprint density at radius 3 is 2.96 bits per heavy atom. The standard InChI is InChI=1S/C16H18F3N3O2S2/c1-8-2-3-9-10(4-8)26-15-13(9)14(24)21-11(22-15)5-25-6-12(23)20-7-16(17,18)19/h8H,2-7H2,1H3,(H,20,23)(H,21,22,24)/t8-/m0/s1.